The molecule has 1 unspecified atom stereocenters. The molecule has 0 aliphatic carbocycles. The summed E-state index contributed by atoms with van der Waals surface area (Å²) in [6, 6.07) is 0. The number of hydrogen-bond donors (Lipinski definition) is 1. The molecule has 0 amide bonds. The zero-order chi connectivity index (χ0) is 4.28. The summed E-state index contributed by atoms with van der Waals surface area (Å²) in [7, 11) is 0. The van der Waals surface area contributed by atoms with Gasteiger partial charge in [-0.15, -0.1) is 0 Å². The van der Waals surface area contributed by atoms with Gasteiger partial charge in [-0.3, -0.25) is 0 Å². The molecular formula is C3H8LiN. The van der Waals surface area contributed by atoms with Gasteiger partial charge in [-0.2, -0.15) is 0 Å². The topological polar surface area (TPSA) is 26.0 Å². The van der Waals surface area contributed by atoms with Crippen molar-refractivity contribution in [1.29, 1.82) is 0 Å². The predicted molar refractivity (Wildman–Crippen MR) is 24.0 cm³/mol. The molecule has 0 aromatic carbocycles. The second-order valence-electron chi connectivity index (χ2n) is 1.39. The Hall–Kier alpha value is 0.557. The minimum atomic E-state index is 0.384. The molecule has 0 saturated carbocycles. The van der Waals surface area contributed by atoms with E-state index in [1.165, 1.54) is 0 Å². The summed E-state index contributed by atoms with van der Waals surface area (Å²) in [4.78, 5) is 0. The average Bonchev–Trinajstić information content (AvgIpc) is 1.38. The van der Waals surface area contributed by atoms with Crippen LogP contribution in [0.4, 0.5) is 0 Å². The third-order valence-corrected chi connectivity index (χ3v) is 0.644. The van der Waals surface area contributed by atoms with E-state index in [1.807, 2.05) is 17.7 Å². The van der Waals surface area contributed by atoms with Crippen LogP contribution in [0, 0.1) is 0 Å². The Kier molecular flexibility index (Phi) is 3.09. The van der Waals surface area contributed by atoms with Gasteiger partial charge in [-0.1, -0.05) is 0 Å². The van der Waals surface area contributed by atoms with Crippen molar-refractivity contribution in [2.24, 2.45) is 5.73 Å². The maximum atomic E-state index is 5.29. The van der Waals surface area contributed by atoms with Crippen LogP contribution in [0.1, 0.15) is 13.3 Å². The maximum absolute atomic E-state index is 5.29. The molecule has 0 aliphatic rings. The van der Waals surface area contributed by atoms with Crippen molar-refractivity contribution < 1.29 is 0 Å². The summed E-state index contributed by atoms with van der Waals surface area (Å²) in [5, 5.41) is 0. The van der Waals surface area contributed by atoms with Gasteiger partial charge in [0.2, 0.25) is 0 Å². The fourth-order valence-corrected chi connectivity index (χ4v) is 0. The van der Waals surface area contributed by atoms with E-state index in [0.717, 1.165) is 6.42 Å². The van der Waals surface area contributed by atoms with Crippen LogP contribution in [0.2, 0.25) is 0 Å². The van der Waals surface area contributed by atoms with Gasteiger partial charge in [-0.25, -0.2) is 0 Å². The molecule has 0 spiro atoms. The summed E-state index contributed by atoms with van der Waals surface area (Å²) in [6.07, 6.45) is 1.08. The van der Waals surface area contributed by atoms with Crippen molar-refractivity contribution in [3.05, 3.63) is 0 Å². The fraction of sp³-hybridized carbons (Fsp3) is 1.00. The molecule has 1 nitrogen and oxygen atoms in total. The SMILES string of the molecule is [Li][CH](N)CC. The zero-order valence-corrected chi connectivity index (χ0v) is 3.86. The van der Waals surface area contributed by atoms with Crippen LogP contribution in [-0.2, 0) is 0 Å². The predicted octanol–water partition coefficient (Wildman–Crippen LogP) is -0.150. The van der Waals surface area contributed by atoms with E-state index in [2.05, 4.69) is 6.92 Å². The molecule has 2 N–H and O–H groups in total. The first-order chi connectivity index (χ1) is 2.27. The van der Waals surface area contributed by atoms with Gasteiger partial charge in [0.1, 0.15) is 0 Å². The Morgan fingerprint density at radius 3 is 2.20 bits per heavy atom. The average molecular weight is 65.0 g/mol. The molecule has 5 heavy (non-hydrogen) atoms. The van der Waals surface area contributed by atoms with Crippen molar-refractivity contribution in [2.45, 2.75) is 18.1 Å². The molecule has 0 rings (SSSR count). The second kappa shape index (κ2) is 2.78. The summed E-state index contributed by atoms with van der Waals surface area (Å²) < 4.78 is 0.384. The molecule has 0 bridgehead atoms. The molecule has 0 aromatic rings. The van der Waals surface area contributed by atoms with Crippen LogP contribution >= 0.6 is 0 Å². The first kappa shape index (κ1) is 5.56. The van der Waals surface area contributed by atoms with E-state index in [9.17, 15) is 0 Å². The number of hydrogen-bond acceptors (Lipinski definition) is 1. The van der Waals surface area contributed by atoms with Crippen molar-refractivity contribution in [1.82, 2.24) is 0 Å². The molecule has 0 aromatic heterocycles. The second-order valence-corrected chi connectivity index (χ2v) is 1.39. The van der Waals surface area contributed by atoms with Gasteiger partial charge in [0.05, 0.1) is 0 Å². The van der Waals surface area contributed by atoms with Crippen LogP contribution in [0.25, 0.3) is 0 Å². The summed E-state index contributed by atoms with van der Waals surface area (Å²) in [5.41, 5.74) is 5.29. The molecule has 0 radical (unpaired) electrons. The zero-order valence-electron chi connectivity index (χ0n) is 3.86. The summed E-state index contributed by atoms with van der Waals surface area (Å²) in [5.74, 6) is 0. The molecule has 26 valence electrons. The Labute approximate surface area is 42.1 Å². The van der Waals surface area contributed by atoms with E-state index in [4.69, 9.17) is 5.73 Å². The summed E-state index contributed by atoms with van der Waals surface area (Å²) >= 11 is 2.00. The van der Waals surface area contributed by atoms with Gasteiger partial charge >= 0.3 is 41.5 Å². The van der Waals surface area contributed by atoms with E-state index >= 15 is 0 Å². The van der Waals surface area contributed by atoms with Gasteiger partial charge < -0.3 is 0 Å². The third kappa shape index (κ3) is 4.56. The Morgan fingerprint density at radius 2 is 2.20 bits per heavy atom. The molecule has 0 aliphatic heterocycles. The van der Waals surface area contributed by atoms with Crippen LogP contribution in [0.5, 0.6) is 0 Å². The quantitative estimate of drug-likeness (QED) is 0.422. The van der Waals surface area contributed by atoms with Crippen molar-refractivity contribution in [2.75, 3.05) is 0 Å². The molecule has 2 heteroatoms. The summed E-state index contributed by atoms with van der Waals surface area (Å²) in [6.45, 7) is 2.07. The van der Waals surface area contributed by atoms with Crippen molar-refractivity contribution >= 4 is 17.7 Å². The van der Waals surface area contributed by atoms with Gasteiger partial charge in [0.15, 0.2) is 0 Å². The monoisotopic (exact) mass is 65.1 g/mol. The molecular weight excluding hydrogens is 57.0 g/mol. The van der Waals surface area contributed by atoms with Crippen molar-refractivity contribution in [3.63, 3.8) is 0 Å². The van der Waals surface area contributed by atoms with Crippen LogP contribution in [0.15, 0.2) is 0 Å². The molecule has 0 fully saturated rings. The number of nitrogens with two attached hydrogens (primary N) is 1. The molecule has 0 heterocycles. The first-order valence-electron chi connectivity index (χ1n) is 2.03. The van der Waals surface area contributed by atoms with Gasteiger partial charge in [0.25, 0.3) is 0 Å². The standard InChI is InChI=1S/C3H8N.Li/c1-2-3-4;/h3H,2,4H2,1H3;. The Balaban J connectivity index is 2.54. The number of rotatable bonds is 1. The van der Waals surface area contributed by atoms with Crippen LogP contribution < -0.4 is 5.73 Å². The fourth-order valence-electron chi connectivity index (χ4n) is 0. The molecule has 1 atom stereocenters. The van der Waals surface area contributed by atoms with Crippen LogP contribution in [-0.4, -0.2) is 22.4 Å². The van der Waals surface area contributed by atoms with E-state index in [-0.39, 0.29) is 0 Å². The third-order valence-electron chi connectivity index (χ3n) is 0.644. The molecule has 0 saturated heterocycles. The van der Waals surface area contributed by atoms with Gasteiger partial charge in [0, 0.05) is 0 Å². The Bertz CT molecular complexity index is 20.9. The normalized spacial score (nSPS) is 15.2. The van der Waals surface area contributed by atoms with E-state index in [1.54, 1.807) is 0 Å². The van der Waals surface area contributed by atoms with Crippen molar-refractivity contribution in [3.8, 4) is 0 Å². The van der Waals surface area contributed by atoms with E-state index < -0.39 is 0 Å². The van der Waals surface area contributed by atoms with E-state index in [0.29, 0.717) is 4.71 Å². The minimum absolute atomic E-state index is 0.384. The first-order valence-corrected chi connectivity index (χ1v) is 2.03. The van der Waals surface area contributed by atoms with Gasteiger partial charge in [-0.05, 0) is 0 Å². The van der Waals surface area contributed by atoms with Crippen LogP contribution in [0.3, 0.4) is 0 Å². The Morgan fingerprint density at radius 1 is 2.00 bits per heavy atom.